The lowest BCUT2D eigenvalue weighted by Gasteiger charge is -2.23. The molecule has 1 amide bonds. The van der Waals surface area contributed by atoms with E-state index < -0.39 is 11.5 Å². The SMILES string of the molecule is O=C(Cc1ccc(O)cc1)NC1(C(=O)O)CCOC1. The van der Waals surface area contributed by atoms with Crippen LogP contribution in [0.4, 0.5) is 0 Å². The van der Waals surface area contributed by atoms with E-state index in [1.807, 2.05) is 0 Å². The third-order valence-electron chi connectivity index (χ3n) is 3.11. The van der Waals surface area contributed by atoms with Crippen LogP contribution < -0.4 is 5.32 Å². The standard InChI is InChI=1S/C13H15NO5/c15-10-3-1-9(2-4-10)7-11(16)14-13(12(17)18)5-6-19-8-13/h1-4,15H,5-8H2,(H,14,16)(H,17,18). The molecule has 0 saturated carbocycles. The van der Waals surface area contributed by atoms with Gasteiger partial charge in [0.15, 0.2) is 5.54 Å². The van der Waals surface area contributed by atoms with Crippen LogP contribution in [-0.2, 0) is 20.7 Å². The minimum atomic E-state index is -1.31. The number of carbonyl (C=O) groups excluding carboxylic acids is 1. The number of phenolic OH excluding ortho intramolecular Hbond substituents is 1. The quantitative estimate of drug-likeness (QED) is 0.727. The lowest BCUT2D eigenvalue weighted by molar-refractivity contribution is -0.147. The van der Waals surface area contributed by atoms with Gasteiger partial charge in [-0.2, -0.15) is 0 Å². The Bertz CT molecular complexity index is 476. The topological polar surface area (TPSA) is 95.9 Å². The molecular weight excluding hydrogens is 250 g/mol. The number of hydrogen-bond donors (Lipinski definition) is 3. The number of phenols is 1. The summed E-state index contributed by atoms with van der Waals surface area (Å²) in [6.07, 6.45) is 0.332. The first kappa shape index (κ1) is 13.4. The largest absolute Gasteiger partial charge is 0.508 e. The Morgan fingerprint density at radius 1 is 1.32 bits per heavy atom. The Morgan fingerprint density at radius 2 is 2.00 bits per heavy atom. The van der Waals surface area contributed by atoms with Gasteiger partial charge in [0.2, 0.25) is 5.91 Å². The fourth-order valence-electron chi connectivity index (χ4n) is 2.00. The Kier molecular flexibility index (Phi) is 3.71. The molecule has 1 aliphatic heterocycles. The molecule has 0 spiro atoms. The summed E-state index contributed by atoms with van der Waals surface area (Å²) in [6.45, 7) is 0.315. The van der Waals surface area contributed by atoms with E-state index in [0.717, 1.165) is 0 Å². The maximum absolute atomic E-state index is 11.9. The zero-order valence-corrected chi connectivity index (χ0v) is 10.3. The molecular formula is C13H15NO5. The minimum absolute atomic E-state index is 0.0103. The predicted octanol–water partition coefficient (Wildman–Crippen LogP) is 0.295. The molecule has 3 N–H and O–H groups in total. The highest BCUT2D eigenvalue weighted by molar-refractivity contribution is 5.88. The van der Waals surface area contributed by atoms with Gasteiger partial charge in [-0.1, -0.05) is 12.1 Å². The van der Waals surface area contributed by atoms with Gasteiger partial charge in [0.25, 0.3) is 0 Å². The molecule has 19 heavy (non-hydrogen) atoms. The van der Waals surface area contributed by atoms with Crippen molar-refractivity contribution in [3.8, 4) is 5.75 Å². The molecule has 1 heterocycles. The molecule has 102 valence electrons. The lowest BCUT2D eigenvalue weighted by Crippen LogP contribution is -2.55. The van der Waals surface area contributed by atoms with E-state index in [4.69, 9.17) is 9.84 Å². The summed E-state index contributed by atoms with van der Waals surface area (Å²) < 4.78 is 5.06. The van der Waals surface area contributed by atoms with Crippen molar-refractivity contribution in [2.24, 2.45) is 0 Å². The van der Waals surface area contributed by atoms with Crippen LogP contribution in [0, 0.1) is 0 Å². The molecule has 0 aromatic heterocycles. The highest BCUT2D eigenvalue weighted by Gasteiger charge is 2.43. The van der Waals surface area contributed by atoms with Gasteiger partial charge in [0, 0.05) is 13.0 Å². The third kappa shape index (κ3) is 3.03. The molecule has 6 heteroatoms. The lowest BCUT2D eigenvalue weighted by atomic mass is 9.98. The molecule has 1 unspecified atom stereocenters. The summed E-state index contributed by atoms with van der Waals surface area (Å²) >= 11 is 0. The summed E-state index contributed by atoms with van der Waals surface area (Å²) in [5.74, 6) is -1.34. The van der Waals surface area contributed by atoms with Gasteiger partial charge < -0.3 is 20.3 Å². The zero-order chi connectivity index (χ0) is 13.9. The van der Waals surface area contributed by atoms with Crippen molar-refractivity contribution in [3.63, 3.8) is 0 Å². The third-order valence-corrected chi connectivity index (χ3v) is 3.11. The summed E-state index contributed by atoms with van der Waals surface area (Å²) in [6, 6.07) is 6.20. The molecule has 0 bridgehead atoms. The first-order valence-electron chi connectivity index (χ1n) is 5.92. The van der Waals surface area contributed by atoms with Crippen LogP contribution in [0.15, 0.2) is 24.3 Å². The fourth-order valence-corrected chi connectivity index (χ4v) is 2.00. The van der Waals surface area contributed by atoms with E-state index in [1.165, 1.54) is 12.1 Å². The Morgan fingerprint density at radius 3 is 2.53 bits per heavy atom. The molecule has 1 saturated heterocycles. The normalized spacial score (nSPS) is 22.1. The van der Waals surface area contributed by atoms with Gasteiger partial charge in [-0.05, 0) is 17.7 Å². The molecule has 2 rings (SSSR count). The number of carboxylic acid groups (broad SMARTS) is 1. The smallest absolute Gasteiger partial charge is 0.331 e. The van der Waals surface area contributed by atoms with Crippen molar-refractivity contribution < 1.29 is 24.5 Å². The molecule has 1 aliphatic rings. The number of nitrogens with one attached hydrogen (secondary N) is 1. The number of hydrogen-bond acceptors (Lipinski definition) is 4. The number of ether oxygens (including phenoxy) is 1. The van der Waals surface area contributed by atoms with Crippen LogP contribution >= 0.6 is 0 Å². The monoisotopic (exact) mass is 265 g/mol. The number of rotatable bonds is 4. The van der Waals surface area contributed by atoms with Crippen molar-refractivity contribution in [2.45, 2.75) is 18.4 Å². The maximum Gasteiger partial charge on any atom is 0.331 e. The molecule has 1 aromatic carbocycles. The number of carboxylic acids is 1. The van der Waals surface area contributed by atoms with E-state index >= 15 is 0 Å². The van der Waals surface area contributed by atoms with Crippen molar-refractivity contribution in [1.29, 1.82) is 0 Å². The average molecular weight is 265 g/mol. The van der Waals surface area contributed by atoms with E-state index in [2.05, 4.69) is 5.32 Å². The molecule has 1 aromatic rings. The second-order valence-corrected chi connectivity index (χ2v) is 4.58. The van der Waals surface area contributed by atoms with Gasteiger partial charge in [-0.3, -0.25) is 4.79 Å². The second kappa shape index (κ2) is 5.27. The van der Waals surface area contributed by atoms with Gasteiger partial charge in [0.1, 0.15) is 5.75 Å². The molecule has 0 aliphatic carbocycles. The van der Waals surface area contributed by atoms with Gasteiger partial charge in [-0.15, -0.1) is 0 Å². The highest BCUT2D eigenvalue weighted by Crippen LogP contribution is 2.19. The van der Waals surface area contributed by atoms with Gasteiger partial charge in [0.05, 0.1) is 13.0 Å². The summed E-state index contributed by atoms with van der Waals surface area (Å²) in [5.41, 5.74) is -0.608. The Hall–Kier alpha value is -2.08. The van der Waals surface area contributed by atoms with Gasteiger partial charge >= 0.3 is 5.97 Å². The minimum Gasteiger partial charge on any atom is -0.508 e. The summed E-state index contributed by atoms with van der Waals surface area (Å²) in [7, 11) is 0. The first-order valence-corrected chi connectivity index (χ1v) is 5.92. The Balaban J connectivity index is 2.00. The van der Waals surface area contributed by atoms with E-state index in [9.17, 15) is 14.7 Å². The van der Waals surface area contributed by atoms with Crippen LogP contribution in [0.5, 0.6) is 5.75 Å². The highest BCUT2D eigenvalue weighted by atomic mass is 16.5. The van der Waals surface area contributed by atoms with E-state index in [1.54, 1.807) is 12.1 Å². The number of aliphatic carboxylic acids is 1. The number of benzene rings is 1. The number of aromatic hydroxyl groups is 1. The Labute approximate surface area is 110 Å². The second-order valence-electron chi connectivity index (χ2n) is 4.58. The van der Waals surface area contributed by atoms with Crippen molar-refractivity contribution in [3.05, 3.63) is 29.8 Å². The summed E-state index contributed by atoms with van der Waals surface area (Å²) in [4.78, 5) is 23.1. The molecule has 6 nitrogen and oxygen atoms in total. The van der Waals surface area contributed by atoms with Crippen molar-refractivity contribution in [2.75, 3.05) is 13.2 Å². The van der Waals surface area contributed by atoms with Crippen LogP contribution in [0.25, 0.3) is 0 Å². The first-order chi connectivity index (χ1) is 9.02. The molecule has 1 atom stereocenters. The molecule has 0 radical (unpaired) electrons. The zero-order valence-electron chi connectivity index (χ0n) is 10.3. The van der Waals surface area contributed by atoms with Crippen LogP contribution in [0.1, 0.15) is 12.0 Å². The number of carbonyl (C=O) groups is 2. The fraction of sp³-hybridized carbons (Fsp3) is 0.385. The van der Waals surface area contributed by atoms with E-state index in [-0.39, 0.29) is 31.1 Å². The van der Waals surface area contributed by atoms with Crippen molar-refractivity contribution >= 4 is 11.9 Å². The average Bonchev–Trinajstić information content (AvgIpc) is 2.82. The number of amides is 1. The van der Waals surface area contributed by atoms with Crippen LogP contribution in [0.2, 0.25) is 0 Å². The predicted molar refractivity (Wildman–Crippen MR) is 65.8 cm³/mol. The van der Waals surface area contributed by atoms with Crippen LogP contribution in [0.3, 0.4) is 0 Å². The van der Waals surface area contributed by atoms with Crippen LogP contribution in [-0.4, -0.2) is 40.8 Å². The summed E-state index contributed by atoms with van der Waals surface area (Å²) in [5, 5.41) is 20.9. The maximum atomic E-state index is 11.9. The van der Waals surface area contributed by atoms with E-state index in [0.29, 0.717) is 12.2 Å². The molecule has 1 fully saturated rings. The van der Waals surface area contributed by atoms with Gasteiger partial charge in [-0.25, -0.2) is 4.79 Å². The van der Waals surface area contributed by atoms with Crippen molar-refractivity contribution in [1.82, 2.24) is 5.32 Å².